The number of hydrogen-bond donors (Lipinski definition) is 2. The number of nitrogens with zero attached hydrogens (tertiary/aromatic N) is 2. The predicted octanol–water partition coefficient (Wildman–Crippen LogP) is -0.182. The minimum absolute atomic E-state index is 0.182. The minimum atomic E-state index is -0.605. The molecule has 1 aromatic rings. The number of aromatic nitrogens is 2. The van der Waals surface area contributed by atoms with Gasteiger partial charge < -0.3 is 19.7 Å². The zero-order valence-corrected chi connectivity index (χ0v) is 11.3. The fraction of sp³-hybridized carbons (Fsp3) is 0.556. The van der Waals surface area contributed by atoms with Crippen LogP contribution in [0.1, 0.15) is 0 Å². The zero-order valence-electron chi connectivity index (χ0n) is 9.11. The van der Waals surface area contributed by atoms with E-state index in [1.54, 1.807) is 11.9 Å². The fourth-order valence-electron chi connectivity index (χ4n) is 1.29. The number of aliphatic hydroxyl groups excluding tert-OH is 1. The number of aliphatic hydroxyl groups is 1. The number of hydrogen-bond acceptors (Lipinski definition) is 5. The van der Waals surface area contributed by atoms with Crippen LogP contribution in [0.5, 0.6) is 0 Å². The summed E-state index contributed by atoms with van der Waals surface area (Å²) in [6.07, 6.45) is 0.742. The maximum Gasteiger partial charge on any atom is 0.266 e. The molecular weight excluding hydrogens is 325 g/mol. The maximum absolute atomic E-state index is 11.3. The number of nitrogens with one attached hydrogen (secondary N) is 1. The molecule has 1 rings (SSSR count). The van der Waals surface area contributed by atoms with E-state index in [4.69, 9.17) is 4.74 Å². The average Bonchev–Trinajstić information content (AvgIpc) is 2.22. The lowest BCUT2D eigenvalue weighted by Crippen LogP contribution is -2.34. The third-order valence-corrected chi connectivity index (χ3v) is 2.96. The normalized spacial score (nSPS) is 12.5. The van der Waals surface area contributed by atoms with Crippen LogP contribution in [0.3, 0.4) is 0 Å². The number of ether oxygens (including phenoxy) is 1. The second-order valence-electron chi connectivity index (χ2n) is 3.36. The van der Waals surface area contributed by atoms with Crippen molar-refractivity contribution >= 4 is 28.4 Å². The summed E-state index contributed by atoms with van der Waals surface area (Å²) >= 11 is 1.93. The molecule has 0 fully saturated rings. The molecule has 0 bridgehead atoms. The quantitative estimate of drug-likeness (QED) is 0.728. The van der Waals surface area contributed by atoms with Gasteiger partial charge in [-0.2, -0.15) is 0 Å². The summed E-state index contributed by atoms with van der Waals surface area (Å²) in [6.45, 7) is 0.615. The highest BCUT2D eigenvalue weighted by Crippen LogP contribution is 2.13. The van der Waals surface area contributed by atoms with Gasteiger partial charge in [0.25, 0.3) is 5.56 Å². The van der Waals surface area contributed by atoms with Gasteiger partial charge in [-0.1, -0.05) is 0 Å². The zero-order chi connectivity index (χ0) is 12.1. The van der Waals surface area contributed by atoms with Crippen LogP contribution in [0.2, 0.25) is 0 Å². The minimum Gasteiger partial charge on any atom is -0.389 e. The highest BCUT2D eigenvalue weighted by atomic mass is 127. The van der Waals surface area contributed by atoms with E-state index in [0.29, 0.717) is 15.9 Å². The monoisotopic (exact) mass is 339 g/mol. The van der Waals surface area contributed by atoms with E-state index in [1.807, 2.05) is 22.6 Å². The summed E-state index contributed by atoms with van der Waals surface area (Å²) in [7, 11) is 3.29. The predicted molar refractivity (Wildman–Crippen MR) is 68.7 cm³/mol. The topological polar surface area (TPSA) is 78.5 Å². The lowest BCUT2D eigenvalue weighted by atomic mass is 10.3. The van der Waals surface area contributed by atoms with E-state index in [1.165, 1.54) is 13.4 Å². The Labute approximate surface area is 107 Å². The molecule has 0 aliphatic heterocycles. The van der Waals surface area contributed by atoms with Crippen molar-refractivity contribution in [3.63, 3.8) is 0 Å². The van der Waals surface area contributed by atoms with Crippen molar-refractivity contribution in [1.82, 2.24) is 9.97 Å². The molecule has 0 spiro atoms. The second kappa shape index (κ2) is 6.16. The number of H-pyrrole nitrogens is 1. The standard InChI is InChI=1S/C9H14IN3O3/c1-13(3-6(14)4-16-2)8-7(10)9(15)12-5-11-8/h5-6,14H,3-4H2,1-2H3,(H,11,12,15). The summed E-state index contributed by atoms with van der Waals surface area (Å²) in [5, 5.41) is 9.56. The van der Waals surface area contributed by atoms with Crippen LogP contribution in [0.15, 0.2) is 11.1 Å². The summed E-state index contributed by atoms with van der Waals surface area (Å²) in [6, 6.07) is 0. The van der Waals surface area contributed by atoms with Gasteiger partial charge in [0.05, 0.1) is 19.0 Å². The molecule has 0 saturated heterocycles. The van der Waals surface area contributed by atoms with Crippen LogP contribution in [0.4, 0.5) is 5.82 Å². The number of methoxy groups -OCH3 is 1. The van der Waals surface area contributed by atoms with E-state index < -0.39 is 6.10 Å². The first-order chi connectivity index (χ1) is 7.56. The third kappa shape index (κ3) is 3.42. The Bertz CT molecular complexity index is 396. The number of anilines is 1. The molecule has 1 unspecified atom stereocenters. The van der Waals surface area contributed by atoms with Crippen LogP contribution in [-0.2, 0) is 4.74 Å². The lowest BCUT2D eigenvalue weighted by molar-refractivity contribution is 0.0694. The van der Waals surface area contributed by atoms with Crippen LogP contribution >= 0.6 is 22.6 Å². The Kier molecular flexibility index (Phi) is 5.16. The van der Waals surface area contributed by atoms with Crippen molar-refractivity contribution < 1.29 is 9.84 Å². The van der Waals surface area contributed by atoms with E-state index in [2.05, 4.69) is 9.97 Å². The number of rotatable bonds is 5. The van der Waals surface area contributed by atoms with Gasteiger partial charge in [0.15, 0.2) is 0 Å². The molecule has 90 valence electrons. The first-order valence-corrected chi connectivity index (χ1v) is 5.75. The van der Waals surface area contributed by atoms with E-state index >= 15 is 0 Å². The van der Waals surface area contributed by atoms with Crippen molar-refractivity contribution in [1.29, 1.82) is 0 Å². The van der Waals surface area contributed by atoms with Crippen molar-refractivity contribution in [3.8, 4) is 0 Å². The first-order valence-electron chi connectivity index (χ1n) is 4.67. The Morgan fingerprint density at radius 3 is 3.06 bits per heavy atom. The Balaban J connectivity index is 2.76. The molecule has 0 radical (unpaired) electrons. The Hall–Kier alpha value is -0.670. The number of aromatic amines is 1. The summed E-state index contributed by atoms with van der Waals surface area (Å²) < 4.78 is 5.33. The van der Waals surface area contributed by atoms with Gasteiger partial charge in [0.2, 0.25) is 0 Å². The van der Waals surface area contributed by atoms with Gasteiger partial charge in [0.1, 0.15) is 9.39 Å². The SMILES string of the molecule is COCC(O)CN(C)c1nc[nH]c(=O)c1I. The molecule has 7 heteroatoms. The van der Waals surface area contributed by atoms with Crippen LogP contribution < -0.4 is 10.5 Å². The molecule has 6 nitrogen and oxygen atoms in total. The molecule has 0 aliphatic rings. The fourth-order valence-corrected chi connectivity index (χ4v) is 1.99. The average molecular weight is 339 g/mol. The molecule has 0 amide bonds. The number of halogens is 1. The van der Waals surface area contributed by atoms with Gasteiger partial charge in [0, 0.05) is 20.7 Å². The van der Waals surface area contributed by atoms with E-state index in [-0.39, 0.29) is 12.2 Å². The van der Waals surface area contributed by atoms with Gasteiger partial charge in [-0.05, 0) is 22.6 Å². The van der Waals surface area contributed by atoms with Gasteiger partial charge in [-0.25, -0.2) is 4.98 Å². The Morgan fingerprint density at radius 2 is 2.44 bits per heavy atom. The van der Waals surface area contributed by atoms with Crippen molar-refractivity contribution in [3.05, 3.63) is 20.3 Å². The van der Waals surface area contributed by atoms with Gasteiger partial charge in [-0.15, -0.1) is 0 Å². The number of likely N-dealkylation sites (N-methyl/N-ethyl adjacent to an activating group) is 1. The molecule has 16 heavy (non-hydrogen) atoms. The van der Waals surface area contributed by atoms with Crippen LogP contribution in [0, 0.1) is 3.57 Å². The van der Waals surface area contributed by atoms with E-state index in [9.17, 15) is 9.90 Å². The van der Waals surface area contributed by atoms with Crippen LogP contribution in [-0.4, -0.2) is 48.5 Å². The highest BCUT2D eigenvalue weighted by molar-refractivity contribution is 14.1. The highest BCUT2D eigenvalue weighted by Gasteiger charge is 2.13. The Morgan fingerprint density at radius 1 is 1.75 bits per heavy atom. The molecule has 1 atom stereocenters. The summed E-state index contributed by atoms with van der Waals surface area (Å²) in [5.41, 5.74) is -0.182. The van der Waals surface area contributed by atoms with E-state index in [0.717, 1.165) is 0 Å². The molecular formula is C9H14IN3O3. The molecule has 0 saturated carbocycles. The van der Waals surface area contributed by atoms with Crippen LogP contribution in [0.25, 0.3) is 0 Å². The van der Waals surface area contributed by atoms with Crippen molar-refractivity contribution in [2.45, 2.75) is 6.10 Å². The van der Waals surface area contributed by atoms with Crippen molar-refractivity contribution in [2.24, 2.45) is 0 Å². The first kappa shape index (κ1) is 13.4. The smallest absolute Gasteiger partial charge is 0.266 e. The van der Waals surface area contributed by atoms with Gasteiger partial charge in [-0.3, -0.25) is 4.79 Å². The molecule has 2 N–H and O–H groups in total. The maximum atomic E-state index is 11.3. The molecule has 1 heterocycles. The summed E-state index contributed by atoms with van der Waals surface area (Å²) in [5.74, 6) is 0.555. The second-order valence-corrected chi connectivity index (χ2v) is 4.44. The third-order valence-electron chi connectivity index (χ3n) is 1.98. The molecule has 0 aliphatic carbocycles. The summed E-state index contributed by atoms with van der Waals surface area (Å²) in [4.78, 5) is 19.6. The largest absolute Gasteiger partial charge is 0.389 e. The van der Waals surface area contributed by atoms with Gasteiger partial charge >= 0.3 is 0 Å². The van der Waals surface area contributed by atoms with Crippen molar-refractivity contribution in [2.75, 3.05) is 32.2 Å². The molecule has 1 aromatic heterocycles. The lowest BCUT2D eigenvalue weighted by Gasteiger charge is -2.21. The molecule has 0 aromatic carbocycles.